The topological polar surface area (TPSA) is 133 Å². The van der Waals surface area contributed by atoms with Gasteiger partial charge >= 0.3 is 0 Å². The van der Waals surface area contributed by atoms with E-state index in [1.807, 2.05) is 62.5 Å². The molecule has 2 atom stereocenters. The van der Waals surface area contributed by atoms with Crippen LogP contribution >= 0.6 is 11.3 Å². The Morgan fingerprint density at radius 3 is 2.58 bits per heavy atom. The summed E-state index contributed by atoms with van der Waals surface area (Å²) >= 11 is 1.20. The zero-order chi connectivity index (χ0) is 27.5. The smallest absolute Gasteiger partial charge is 0.243 e. The molecule has 3 amide bonds. The second kappa shape index (κ2) is 14.0. The van der Waals surface area contributed by atoms with Crippen LogP contribution in [0.25, 0.3) is 10.9 Å². The van der Waals surface area contributed by atoms with E-state index in [9.17, 15) is 19.2 Å². The Balaban J connectivity index is 1.69. The standard InChI is InChI=1S/C28H33N5O4S/c1-4-6-9-18(3)14-23(33-24(34)5-2)27(37)31-17-25(35)32-22(26(36)28-29-12-13-38-28)15-19-16-30-21-11-8-7-10-20(19)21/h4,6-13,16,22-23,30H,5,14-15,17H2,1-3H3,(H,31,37)(H,32,35)(H,33,34)/b6-4-,18-9+. The number of aromatic nitrogens is 2. The molecule has 3 rings (SSSR count). The van der Waals surface area contributed by atoms with Crippen molar-refractivity contribution in [2.75, 3.05) is 6.54 Å². The summed E-state index contributed by atoms with van der Waals surface area (Å²) in [4.78, 5) is 58.2. The zero-order valence-electron chi connectivity index (χ0n) is 21.7. The van der Waals surface area contributed by atoms with Crippen molar-refractivity contribution in [2.24, 2.45) is 0 Å². The van der Waals surface area contributed by atoms with Gasteiger partial charge in [0.25, 0.3) is 0 Å². The summed E-state index contributed by atoms with van der Waals surface area (Å²) in [5.74, 6) is -1.56. The fraction of sp³-hybridized carbons (Fsp3) is 0.321. The Hall–Kier alpha value is -4.05. The number of amides is 3. The monoisotopic (exact) mass is 535 g/mol. The largest absolute Gasteiger partial charge is 0.361 e. The third-order valence-corrected chi connectivity index (χ3v) is 6.68. The van der Waals surface area contributed by atoms with Gasteiger partial charge in [-0.2, -0.15) is 0 Å². The lowest BCUT2D eigenvalue weighted by atomic mass is 10.0. The number of carbonyl (C=O) groups is 4. The number of nitrogens with one attached hydrogen (secondary N) is 4. The summed E-state index contributed by atoms with van der Waals surface area (Å²) in [7, 11) is 0. The van der Waals surface area contributed by atoms with Crippen molar-refractivity contribution in [3.63, 3.8) is 0 Å². The molecule has 0 fully saturated rings. The quantitative estimate of drug-likeness (QED) is 0.197. The number of ketones is 1. The average molecular weight is 536 g/mol. The molecule has 0 spiro atoms. The first-order valence-corrected chi connectivity index (χ1v) is 13.3. The number of Topliss-reactive ketones (excluding diaryl/α,β-unsaturated/α-hetero) is 1. The van der Waals surface area contributed by atoms with Gasteiger partial charge in [-0.05, 0) is 31.9 Å². The highest BCUT2D eigenvalue weighted by Gasteiger charge is 2.26. The van der Waals surface area contributed by atoms with E-state index in [0.29, 0.717) is 11.4 Å². The molecule has 38 heavy (non-hydrogen) atoms. The number of allylic oxidation sites excluding steroid dienone is 3. The molecule has 2 aromatic heterocycles. The minimum atomic E-state index is -0.869. The van der Waals surface area contributed by atoms with Crippen LogP contribution < -0.4 is 16.0 Å². The van der Waals surface area contributed by atoms with Crippen LogP contribution in [0.5, 0.6) is 0 Å². The molecule has 2 heterocycles. The average Bonchev–Trinajstić information content (AvgIpc) is 3.60. The first-order chi connectivity index (χ1) is 18.3. The van der Waals surface area contributed by atoms with E-state index in [1.54, 1.807) is 18.5 Å². The lowest BCUT2D eigenvalue weighted by Gasteiger charge is -2.20. The van der Waals surface area contributed by atoms with Gasteiger partial charge < -0.3 is 20.9 Å². The molecule has 0 radical (unpaired) electrons. The molecule has 0 aliphatic carbocycles. The molecular formula is C28H33N5O4S. The third kappa shape index (κ3) is 7.97. The predicted octanol–water partition coefficient (Wildman–Crippen LogP) is 3.46. The molecule has 2 unspecified atom stereocenters. The normalized spacial score (nSPS) is 13.3. The predicted molar refractivity (Wildman–Crippen MR) is 149 cm³/mol. The van der Waals surface area contributed by atoms with Crippen LogP contribution in [0.4, 0.5) is 0 Å². The van der Waals surface area contributed by atoms with Crippen LogP contribution in [0, 0.1) is 0 Å². The molecule has 3 aromatic rings. The molecule has 9 nitrogen and oxygen atoms in total. The van der Waals surface area contributed by atoms with Crippen LogP contribution in [-0.4, -0.2) is 52.1 Å². The summed E-state index contributed by atoms with van der Waals surface area (Å²) < 4.78 is 0. The molecule has 0 aliphatic rings. The number of H-pyrrole nitrogens is 1. The van der Waals surface area contributed by atoms with E-state index in [-0.39, 0.29) is 31.1 Å². The number of nitrogens with zero attached hydrogens (tertiary/aromatic N) is 1. The Kier molecular flexibility index (Phi) is 10.5. The van der Waals surface area contributed by atoms with Gasteiger partial charge in [-0.15, -0.1) is 11.3 Å². The second-order valence-corrected chi connectivity index (χ2v) is 9.71. The summed E-state index contributed by atoms with van der Waals surface area (Å²) in [6.45, 7) is 5.11. The number of para-hydroxylation sites is 1. The maximum atomic E-state index is 13.2. The van der Waals surface area contributed by atoms with Crippen molar-refractivity contribution in [1.82, 2.24) is 25.9 Å². The summed E-state index contributed by atoms with van der Waals surface area (Å²) in [5, 5.41) is 11.0. The molecular weight excluding hydrogens is 502 g/mol. The molecule has 10 heteroatoms. The van der Waals surface area contributed by atoms with E-state index < -0.39 is 23.9 Å². The Bertz CT molecular complexity index is 1330. The van der Waals surface area contributed by atoms with Crippen molar-refractivity contribution < 1.29 is 19.2 Å². The third-order valence-electron chi connectivity index (χ3n) is 5.89. The van der Waals surface area contributed by atoms with Gasteiger partial charge in [0.15, 0.2) is 5.01 Å². The molecule has 4 N–H and O–H groups in total. The van der Waals surface area contributed by atoms with E-state index in [2.05, 4.69) is 25.9 Å². The van der Waals surface area contributed by atoms with Crippen molar-refractivity contribution in [2.45, 2.75) is 52.1 Å². The molecule has 0 saturated carbocycles. The van der Waals surface area contributed by atoms with E-state index >= 15 is 0 Å². The van der Waals surface area contributed by atoms with Crippen molar-refractivity contribution >= 4 is 45.7 Å². The fourth-order valence-electron chi connectivity index (χ4n) is 3.92. The summed E-state index contributed by atoms with van der Waals surface area (Å²) in [6.07, 6.45) is 9.74. The summed E-state index contributed by atoms with van der Waals surface area (Å²) in [6, 6.07) is 6.02. The first-order valence-electron chi connectivity index (χ1n) is 12.5. The SMILES string of the molecule is C/C=C\C=C(/C)CC(NC(=O)CC)C(=O)NCC(=O)NC(Cc1c[nH]c2ccccc12)C(=O)c1nccs1. The van der Waals surface area contributed by atoms with Gasteiger partial charge in [0, 0.05) is 41.5 Å². The van der Waals surface area contributed by atoms with Gasteiger partial charge in [0.05, 0.1) is 12.6 Å². The molecule has 0 saturated heterocycles. The highest BCUT2D eigenvalue weighted by Crippen LogP contribution is 2.20. The van der Waals surface area contributed by atoms with Crippen LogP contribution in [0.2, 0.25) is 0 Å². The van der Waals surface area contributed by atoms with Crippen LogP contribution in [0.15, 0.2) is 65.8 Å². The van der Waals surface area contributed by atoms with Crippen molar-refractivity contribution in [3.8, 4) is 0 Å². The Morgan fingerprint density at radius 1 is 1.11 bits per heavy atom. The first kappa shape index (κ1) is 28.5. The maximum absolute atomic E-state index is 13.2. The lowest BCUT2D eigenvalue weighted by molar-refractivity contribution is -0.130. The highest BCUT2D eigenvalue weighted by atomic mass is 32.1. The zero-order valence-corrected chi connectivity index (χ0v) is 22.6. The van der Waals surface area contributed by atoms with Crippen LogP contribution in [-0.2, 0) is 20.8 Å². The maximum Gasteiger partial charge on any atom is 0.243 e. The number of hydrogen-bond donors (Lipinski definition) is 4. The van der Waals surface area contributed by atoms with Gasteiger partial charge in [-0.3, -0.25) is 19.2 Å². The molecule has 200 valence electrons. The number of benzene rings is 1. The van der Waals surface area contributed by atoms with Crippen LogP contribution in [0.3, 0.4) is 0 Å². The molecule has 0 bridgehead atoms. The van der Waals surface area contributed by atoms with Crippen LogP contribution in [0.1, 0.15) is 49.0 Å². The minimum Gasteiger partial charge on any atom is -0.361 e. The fourth-order valence-corrected chi connectivity index (χ4v) is 4.55. The second-order valence-electron chi connectivity index (χ2n) is 8.82. The number of carbonyl (C=O) groups excluding carboxylic acids is 4. The van der Waals surface area contributed by atoms with Gasteiger partial charge in [0.2, 0.25) is 23.5 Å². The van der Waals surface area contributed by atoms with E-state index in [0.717, 1.165) is 22.0 Å². The highest BCUT2D eigenvalue weighted by molar-refractivity contribution is 7.11. The Morgan fingerprint density at radius 2 is 1.87 bits per heavy atom. The number of rotatable bonds is 13. The number of thiazole rings is 1. The van der Waals surface area contributed by atoms with Gasteiger partial charge in [-0.25, -0.2) is 4.98 Å². The van der Waals surface area contributed by atoms with E-state index in [4.69, 9.17) is 0 Å². The molecule has 0 aliphatic heterocycles. The van der Waals surface area contributed by atoms with Crippen molar-refractivity contribution in [3.05, 3.63) is 76.4 Å². The van der Waals surface area contributed by atoms with E-state index in [1.165, 1.54) is 11.3 Å². The number of aromatic amines is 1. The van der Waals surface area contributed by atoms with Gasteiger partial charge in [0.1, 0.15) is 6.04 Å². The Labute approximate surface area is 225 Å². The van der Waals surface area contributed by atoms with Crippen molar-refractivity contribution in [1.29, 1.82) is 0 Å². The molecule has 1 aromatic carbocycles. The lowest BCUT2D eigenvalue weighted by Crippen LogP contribution is -2.51. The summed E-state index contributed by atoms with van der Waals surface area (Å²) in [5.41, 5.74) is 2.71. The minimum absolute atomic E-state index is 0.232. The van der Waals surface area contributed by atoms with Gasteiger partial charge in [-0.1, -0.05) is 48.9 Å². The number of hydrogen-bond acceptors (Lipinski definition) is 6. The number of fused-ring (bicyclic) bond motifs is 1.